The van der Waals surface area contributed by atoms with Crippen LogP contribution >= 0.6 is 0 Å². The molecule has 2 N–H and O–H groups in total. The molecule has 8 nitrogen and oxygen atoms in total. The first-order valence-electron chi connectivity index (χ1n) is 9.63. The van der Waals surface area contributed by atoms with Crippen molar-refractivity contribution < 1.29 is 38.8 Å². The molecule has 0 aromatic rings. The van der Waals surface area contributed by atoms with Crippen molar-refractivity contribution in [2.24, 2.45) is 5.92 Å². The summed E-state index contributed by atoms with van der Waals surface area (Å²) in [6.07, 6.45) is 0.788. The Morgan fingerprint density at radius 2 is 1.93 bits per heavy atom. The van der Waals surface area contributed by atoms with E-state index in [1.165, 1.54) is 26.0 Å². The topological polar surface area (TPSA) is 119 Å². The summed E-state index contributed by atoms with van der Waals surface area (Å²) in [7, 11) is 0. The van der Waals surface area contributed by atoms with E-state index < -0.39 is 48.2 Å². The maximum atomic E-state index is 12.6. The molecule has 5 atom stereocenters. The van der Waals surface area contributed by atoms with Crippen LogP contribution in [0.2, 0.25) is 0 Å². The van der Waals surface area contributed by atoms with Crippen molar-refractivity contribution in [1.29, 1.82) is 0 Å². The first-order valence-corrected chi connectivity index (χ1v) is 9.63. The van der Waals surface area contributed by atoms with E-state index in [0.29, 0.717) is 11.1 Å². The van der Waals surface area contributed by atoms with Gasteiger partial charge in [0.2, 0.25) is 0 Å². The molecule has 1 saturated heterocycles. The molecule has 1 aliphatic heterocycles. The third-order valence-corrected chi connectivity index (χ3v) is 5.11. The van der Waals surface area contributed by atoms with E-state index in [0.717, 1.165) is 0 Å². The summed E-state index contributed by atoms with van der Waals surface area (Å²) in [4.78, 5) is 35.6. The minimum absolute atomic E-state index is 0.0633. The van der Waals surface area contributed by atoms with E-state index >= 15 is 0 Å². The van der Waals surface area contributed by atoms with Crippen LogP contribution < -0.4 is 0 Å². The van der Waals surface area contributed by atoms with Gasteiger partial charge in [-0.1, -0.05) is 18.2 Å². The number of rotatable bonds is 4. The molecule has 0 aromatic carbocycles. The van der Waals surface area contributed by atoms with Crippen LogP contribution in [0.4, 0.5) is 0 Å². The van der Waals surface area contributed by atoms with Gasteiger partial charge in [0.25, 0.3) is 0 Å². The van der Waals surface area contributed by atoms with Gasteiger partial charge in [0, 0.05) is 24.5 Å². The Labute approximate surface area is 175 Å². The molecule has 0 saturated carbocycles. The van der Waals surface area contributed by atoms with Crippen LogP contribution in [-0.4, -0.2) is 59.1 Å². The fourth-order valence-electron chi connectivity index (χ4n) is 3.42. The van der Waals surface area contributed by atoms with Gasteiger partial charge in [0.1, 0.15) is 31.0 Å². The highest BCUT2D eigenvalue weighted by Crippen LogP contribution is 2.36. The van der Waals surface area contributed by atoms with Gasteiger partial charge in [0.05, 0.1) is 5.92 Å². The Morgan fingerprint density at radius 3 is 2.57 bits per heavy atom. The summed E-state index contributed by atoms with van der Waals surface area (Å²) in [5, 5.41) is 20.5. The Hall–Kier alpha value is -2.71. The van der Waals surface area contributed by atoms with E-state index in [2.05, 4.69) is 6.58 Å². The number of aliphatic hydroxyl groups excluding tert-OH is 2. The van der Waals surface area contributed by atoms with E-state index in [9.17, 15) is 24.6 Å². The van der Waals surface area contributed by atoms with Crippen LogP contribution in [-0.2, 0) is 28.6 Å². The summed E-state index contributed by atoms with van der Waals surface area (Å²) in [5.74, 6) is -2.36. The van der Waals surface area contributed by atoms with Crippen molar-refractivity contribution in [3.63, 3.8) is 0 Å². The second kappa shape index (κ2) is 9.86. The van der Waals surface area contributed by atoms with Crippen molar-refractivity contribution >= 4 is 17.9 Å². The highest BCUT2D eigenvalue weighted by molar-refractivity contribution is 5.92. The number of carbonyl (C=O) groups excluding carboxylic acids is 3. The predicted molar refractivity (Wildman–Crippen MR) is 107 cm³/mol. The highest BCUT2D eigenvalue weighted by atomic mass is 16.6. The standard InChI is InChI=1S/C22H28O8/c1-11-8-16(24)20(25)13(3)10-18-19(14(4)22(27)30-18)17(9-11)29-21(26)12(2)6-7-28-15(5)23/h6,8,10,16-20,24-25H,4,7,9H2,1-3,5H3/b11-8+,12-6-,13-10+/t16-,17+,18+,19+,20-/m0/s1. The van der Waals surface area contributed by atoms with Gasteiger partial charge >= 0.3 is 17.9 Å². The van der Waals surface area contributed by atoms with Gasteiger partial charge < -0.3 is 24.4 Å². The fraction of sp³-hybridized carbons (Fsp3) is 0.500. The summed E-state index contributed by atoms with van der Waals surface area (Å²) < 4.78 is 15.9. The number of esters is 3. The zero-order valence-electron chi connectivity index (χ0n) is 17.6. The van der Waals surface area contributed by atoms with Crippen LogP contribution in [0, 0.1) is 5.92 Å². The number of aliphatic hydroxyl groups is 2. The Bertz CT molecular complexity index is 819. The summed E-state index contributed by atoms with van der Waals surface area (Å²) in [5.41, 5.74) is 1.51. The number of ether oxygens (including phenoxy) is 3. The van der Waals surface area contributed by atoms with Crippen LogP contribution in [0.1, 0.15) is 34.1 Å². The van der Waals surface area contributed by atoms with Gasteiger partial charge in [-0.25, -0.2) is 9.59 Å². The maximum absolute atomic E-state index is 12.6. The largest absolute Gasteiger partial charge is 0.462 e. The second-order valence-corrected chi connectivity index (χ2v) is 7.62. The van der Waals surface area contributed by atoms with E-state index in [-0.39, 0.29) is 24.2 Å². The maximum Gasteiger partial charge on any atom is 0.334 e. The molecule has 164 valence electrons. The molecular formula is C22H28O8. The minimum atomic E-state index is -1.15. The molecule has 8 heteroatoms. The monoisotopic (exact) mass is 420 g/mol. The van der Waals surface area contributed by atoms with E-state index in [1.54, 1.807) is 19.9 Å². The van der Waals surface area contributed by atoms with Crippen LogP contribution in [0.25, 0.3) is 0 Å². The minimum Gasteiger partial charge on any atom is -0.462 e. The molecule has 0 amide bonds. The lowest BCUT2D eigenvalue weighted by molar-refractivity contribution is -0.147. The molecule has 0 radical (unpaired) electrons. The molecule has 2 rings (SSSR count). The molecule has 0 aromatic heterocycles. The molecule has 2 aliphatic rings. The number of fused-ring (bicyclic) bond motifs is 1. The average Bonchev–Trinajstić information content (AvgIpc) is 2.92. The smallest absolute Gasteiger partial charge is 0.334 e. The first-order chi connectivity index (χ1) is 14.0. The predicted octanol–water partition coefficient (Wildman–Crippen LogP) is 1.52. The Kier molecular flexibility index (Phi) is 7.75. The van der Waals surface area contributed by atoms with Crippen molar-refractivity contribution in [3.05, 3.63) is 47.1 Å². The lowest BCUT2D eigenvalue weighted by Crippen LogP contribution is -2.35. The number of hydrogen-bond donors (Lipinski definition) is 2. The molecule has 0 spiro atoms. The van der Waals surface area contributed by atoms with Crippen LogP contribution in [0.5, 0.6) is 0 Å². The van der Waals surface area contributed by atoms with Gasteiger partial charge in [-0.15, -0.1) is 0 Å². The van der Waals surface area contributed by atoms with Crippen LogP contribution in [0.15, 0.2) is 47.1 Å². The zero-order chi connectivity index (χ0) is 22.6. The van der Waals surface area contributed by atoms with Gasteiger partial charge in [0.15, 0.2) is 0 Å². The molecular weight excluding hydrogens is 392 g/mol. The quantitative estimate of drug-likeness (QED) is 0.304. The second-order valence-electron chi connectivity index (χ2n) is 7.62. The third-order valence-electron chi connectivity index (χ3n) is 5.11. The molecule has 1 heterocycles. The molecule has 30 heavy (non-hydrogen) atoms. The number of carbonyl (C=O) groups is 3. The van der Waals surface area contributed by atoms with Crippen molar-refractivity contribution in [2.45, 2.75) is 58.5 Å². The molecule has 0 unspecified atom stereocenters. The molecule has 1 aliphatic carbocycles. The van der Waals surface area contributed by atoms with E-state index in [4.69, 9.17) is 14.2 Å². The average molecular weight is 420 g/mol. The normalized spacial score (nSPS) is 33.4. The lowest BCUT2D eigenvalue weighted by atomic mass is 9.84. The Morgan fingerprint density at radius 1 is 1.27 bits per heavy atom. The Balaban J connectivity index is 2.34. The van der Waals surface area contributed by atoms with Gasteiger partial charge in [-0.05, 0) is 38.5 Å². The fourth-order valence-corrected chi connectivity index (χ4v) is 3.42. The van der Waals surface area contributed by atoms with Crippen molar-refractivity contribution in [3.8, 4) is 0 Å². The van der Waals surface area contributed by atoms with Gasteiger partial charge in [-0.2, -0.15) is 0 Å². The third kappa shape index (κ3) is 5.67. The SMILES string of the molecule is C=C1C(=O)O[C@@H]2/C=C(\C)[C@H](O)[C@@H](O)/C=C(\C)C[C@@H](OC(=O)/C(C)=C\COC(C)=O)[C@@H]12. The zero-order valence-corrected chi connectivity index (χ0v) is 17.6. The molecule has 1 fully saturated rings. The number of hydrogen-bond acceptors (Lipinski definition) is 8. The van der Waals surface area contributed by atoms with Gasteiger partial charge in [-0.3, -0.25) is 4.79 Å². The lowest BCUT2D eigenvalue weighted by Gasteiger charge is -2.29. The highest BCUT2D eigenvalue weighted by Gasteiger charge is 2.45. The summed E-state index contributed by atoms with van der Waals surface area (Å²) in [6, 6.07) is 0. The summed E-state index contributed by atoms with van der Waals surface area (Å²) >= 11 is 0. The van der Waals surface area contributed by atoms with Crippen molar-refractivity contribution in [2.75, 3.05) is 6.61 Å². The van der Waals surface area contributed by atoms with Crippen LogP contribution in [0.3, 0.4) is 0 Å². The van der Waals surface area contributed by atoms with E-state index in [1.807, 2.05) is 0 Å². The first kappa shape index (κ1) is 23.6. The summed E-state index contributed by atoms with van der Waals surface area (Å²) in [6.45, 7) is 9.88. The molecule has 0 bridgehead atoms. The van der Waals surface area contributed by atoms with Crippen molar-refractivity contribution in [1.82, 2.24) is 0 Å².